The number of aromatic nitrogens is 1. The molecular weight excluding hydrogens is 384 g/mol. The largest absolute Gasteiger partial charge is 0.497 e. The minimum Gasteiger partial charge on any atom is -0.497 e. The second-order valence-electron chi connectivity index (χ2n) is 5.92. The van der Waals surface area contributed by atoms with Gasteiger partial charge in [-0.05, 0) is 31.4 Å². The molecule has 11 nitrogen and oxygen atoms in total. The number of anilines is 1. The predicted octanol–water partition coefficient (Wildman–Crippen LogP) is 3.35. The van der Waals surface area contributed by atoms with Crippen LogP contribution < -0.4 is 10.1 Å². The summed E-state index contributed by atoms with van der Waals surface area (Å²) in [5, 5.41) is 24.7. The van der Waals surface area contributed by atoms with Crippen molar-refractivity contribution >= 4 is 23.2 Å². The van der Waals surface area contributed by atoms with Gasteiger partial charge in [-0.2, -0.15) is 0 Å². The lowest BCUT2D eigenvalue weighted by molar-refractivity contribution is -0.385. The summed E-state index contributed by atoms with van der Waals surface area (Å²) < 4.78 is 10.1. The van der Waals surface area contributed by atoms with E-state index in [1.54, 1.807) is 0 Å². The lowest BCUT2D eigenvalue weighted by Crippen LogP contribution is -2.10. The Kier molecular flexibility index (Phi) is 7.83. The zero-order valence-corrected chi connectivity index (χ0v) is 15.7. The third-order valence-electron chi connectivity index (χ3n) is 3.94. The molecule has 0 atom stereocenters. The first-order chi connectivity index (χ1) is 13.9. The monoisotopic (exact) mass is 404 g/mol. The SMILES string of the molecule is COc1ccc([N+](=O)[O-])c(C(=O)OCCCCCNc2ccc([N+](=O)[O-])cn2)c1. The van der Waals surface area contributed by atoms with Gasteiger partial charge < -0.3 is 14.8 Å². The molecule has 2 rings (SSSR count). The second-order valence-corrected chi connectivity index (χ2v) is 5.92. The van der Waals surface area contributed by atoms with Crippen molar-refractivity contribution in [2.75, 3.05) is 25.6 Å². The number of unbranched alkanes of at least 4 members (excludes halogenated alkanes) is 2. The van der Waals surface area contributed by atoms with E-state index in [2.05, 4.69) is 10.3 Å². The van der Waals surface area contributed by atoms with Crippen molar-refractivity contribution in [1.29, 1.82) is 0 Å². The molecule has 1 heterocycles. The Morgan fingerprint density at radius 2 is 1.90 bits per heavy atom. The molecule has 0 unspecified atom stereocenters. The topological polar surface area (TPSA) is 147 Å². The van der Waals surface area contributed by atoms with E-state index in [4.69, 9.17) is 9.47 Å². The lowest BCUT2D eigenvalue weighted by atomic mass is 10.1. The fourth-order valence-electron chi connectivity index (χ4n) is 2.43. The van der Waals surface area contributed by atoms with E-state index in [0.29, 0.717) is 24.5 Å². The molecule has 0 aliphatic heterocycles. The lowest BCUT2D eigenvalue weighted by Gasteiger charge is -2.08. The molecule has 0 fully saturated rings. The van der Waals surface area contributed by atoms with E-state index in [0.717, 1.165) is 12.8 Å². The Labute approximate surface area is 166 Å². The molecule has 0 aliphatic rings. The highest BCUT2D eigenvalue weighted by atomic mass is 16.6. The van der Waals surface area contributed by atoms with Gasteiger partial charge in [0.1, 0.15) is 23.3 Å². The molecule has 0 amide bonds. The molecule has 2 aromatic rings. The average molecular weight is 404 g/mol. The molecule has 0 aliphatic carbocycles. The van der Waals surface area contributed by atoms with Crippen molar-refractivity contribution in [2.24, 2.45) is 0 Å². The highest BCUT2D eigenvalue weighted by molar-refractivity contribution is 5.94. The molecule has 154 valence electrons. The highest BCUT2D eigenvalue weighted by Gasteiger charge is 2.22. The molecule has 1 N–H and O–H groups in total. The van der Waals surface area contributed by atoms with Gasteiger partial charge in [-0.25, -0.2) is 9.78 Å². The van der Waals surface area contributed by atoms with Crippen LogP contribution in [0.2, 0.25) is 0 Å². The number of carbonyl (C=O) groups excluding carboxylic acids is 1. The third-order valence-corrected chi connectivity index (χ3v) is 3.94. The van der Waals surface area contributed by atoms with Crippen LogP contribution in [0.5, 0.6) is 5.75 Å². The first-order valence-electron chi connectivity index (χ1n) is 8.76. The third kappa shape index (κ3) is 6.41. The maximum absolute atomic E-state index is 12.1. The first-order valence-corrected chi connectivity index (χ1v) is 8.76. The molecule has 0 spiro atoms. The van der Waals surface area contributed by atoms with Crippen molar-refractivity contribution in [2.45, 2.75) is 19.3 Å². The highest BCUT2D eigenvalue weighted by Crippen LogP contribution is 2.24. The molecule has 1 aromatic heterocycles. The summed E-state index contributed by atoms with van der Waals surface area (Å²) in [5.74, 6) is 0.0876. The minimum absolute atomic E-state index is 0.0753. The van der Waals surface area contributed by atoms with E-state index in [1.807, 2.05) is 0 Å². The summed E-state index contributed by atoms with van der Waals surface area (Å²) in [6, 6.07) is 6.78. The quantitative estimate of drug-likeness (QED) is 0.258. The Morgan fingerprint density at radius 1 is 1.10 bits per heavy atom. The van der Waals surface area contributed by atoms with Gasteiger partial charge in [-0.1, -0.05) is 0 Å². The Balaban J connectivity index is 1.71. The zero-order chi connectivity index (χ0) is 21.2. The van der Waals surface area contributed by atoms with E-state index >= 15 is 0 Å². The molecule has 0 saturated heterocycles. The van der Waals surface area contributed by atoms with E-state index < -0.39 is 15.8 Å². The van der Waals surface area contributed by atoms with Gasteiger partial charge >= 0.3 is 5.97 Å². The first kappa shape index (κ1) is 21.5. The van der Waals surface area contributed by atoms with Crippen LogP contribution in [0.4, 0.5) is 17.2 Å². The Bertz CT molecular complexity index is 871. The van der Waals surface area contributed by atoms with Crippen molar-refractivity contribution in [3.63, 3.8) is 0 Å². The maximum Gasteiger partial charge on any atom is 0.345 e. The number of carbonyl (C=O) groups is 1. The van der Waals surface area contributed by atoms with Gasteiger partial charge in [-0.15, -0.1) is 0 Å². The second kappa shape index (κ2) is 10.5. The molecule has 1 aromatic carbocycles. The number of methoxy groups -OCH3 is 1. The summed E-state index contributed by atoms with van der Waals surface area (Å²) in [7, 11) is 1.40. The number of nitro benzene ring substituents is 1. The van der Waals surface area contributed by atoms with E-state index in [-0.39, 0.29) is 23.5 Å². The molecule has 0 bridgehead atoms. The van der Waals surface area contributed by atoms with Crippen LogP contribution >= 0.6 is 0 Å². The smallest absolute Gasteiger partial charge is 0.345 e. The van der Waals surface area contributed by atoms with Crippen molar-refractivity contribution in [1.82, 2.24) is 4.98 Å². The van der Waals surface area contributed by atoms with Crippen LogP contribution in [0.15, 0.2) is 36.5 Å². The van der Waals surface area contributed by atoms with Crippen LogP contribution in [-0.2, 0) is 4.74 Å². The van der Waals surface area contributed by atoms with Crippen LogP contribution in [0.25, 0.3) is 0 Å². The number of nitrogens with zero attached hydrogens (tertiary/aromatic N) is 3. The minimum atomic E-state index is -0.774. The number of hydrogen-bond donors (Lipinski definition) is 1. The number of nitrogens with one attached hydrogen (secondary N) is 1. The predicted molar refractivity (Wildman–Crippen MR) is 103 cm³/mol. The fraction of sp³-hybridized carbons (Fsp3) is 0.333. The summed E-state index contributed by atoms with van der Waals surface area (Å²) in [6.45, 7) is 0.725. The molecular formula is C18H20N4O7. The maximum atomic E-state index is 12.1. The zero-order valence-electron chi connectivity index (χ0n) is 15.7. The van der Waals surface area contributed by atoms with E-state index in [1.165, 1.54) is 43.6 Å². The molecule has 0 saturated carbocycles. The molecule has 0 radical (unpaired) electrons. The summed E-state index contributed by atoms with van der Waals surface area (Å²) in [4.78, 5) is 36.5. The molecule has 29 heavy (non-hydrogen) atoms. The standard InChI is InChI=1S/C18H20N4O7/c1-28-14-6-7-16(22(26)27)15(11-14)18(23)29-10-4-2-3-9-19-17-8-5-13(12-20-17)21(24)25/h5-8,11-12H,2-4,9-10H2,1H3,(H,19,20). The average Bonchev–Trinajstić information content (AvgIpc) is 2.72. The Morgan fingerprint density at radius 3 is 2.52 bits per heavy atom. The number of ether oxygens (including phenoxy) is 2. The summed E-state index contributed by atoms with van der Waals surface area (Å²) in [5.41, 5.74) is -0.565. The number of esters is 1. The van der Waals surface area contributed by atoms with Gasteiger partial charge in [0.05, 0.1) is 23.6 Å². The van der Waals surface area contributed by atoms with Gasteiger partial charge in [0, 0.05) is 24.7 Å². The van der Waals surface area contributed by atoms with Crippen molar-refractivity contribution in [3.8, 4) is 5.75 Å². The van der Waals surface area contributed by atoms with Crippen LogP contribution in [0, 0.1) is 20.2 Å². The number of benzene rings is 1. The van der Waals surface area contributed by atoms with E-state index in [9.17, 15) is 25.0 Å². The Hall–Kier alpha value is -3.76. The summed E-state index contributed by atoms with van der Waals surface area (Å²) in [6.07, 6.45) is 3.27. The van der Waals surface area contributed by atoms with Crippen molar-refractivity contribution < 1.29 is 24.1 Å². The van der Waals surface area contributed by atoms with Crippen LogP contribution in [0.3, 0.4) is 0 Å². The van der Waals surface area contributed by atoms with Crippen LogP contribution in [0.1, 0.15) is 29.6 Å². The van der Waals surface area contributed by atoms with Crippen molar-refractivity contribution in [3.05, 3.63) is 62.3 Å². The fourth-order valence-corrected chi connectivity index (χ4v) is 2.43. The van der Waals surface area contributed by atoms with Gasteiger partial charge in [0.25, 0.3) is 11.4 Å². The summed E-state index contributed by atoms with van der Waals surface area (Å²) >= 11 is 0. The number of hydrogen-bond acceptors (Lipinski definition) is 9. The normalized spacial score (nSPS) is 10.2. The van der Waals surface area contributed by atoms with Crippen LogP contribution in [-0.4, -0.2) is 41.1 Å². The van der Waals surface area contributed by atoms with Gasteiger partial charge in [0.15, 0.2) is 0 Å². The molecule has 11 heteroatoms. The number of rotatable bonds is 11. The van der Waals surface area contributed by atoms with Gasteiger partial charge in [-0.3, -0.25) is 20.2 Å². The number of nitro groups is 2. The van der Waals surface area contributed by atoms with Gasteiger partial charge in [0.2, 0.25) is 0 Å². The number of pyridine rings is 1.